The van der Waals surface area contributed by atoms with Gasteiger partial charge in [0.25, 0.3) is 0 Å². The number of fused-ring (bicyclic) bond motifs is 5. The fourth-order valence-electron chi connectivity index (χ4n) is 8.79. The van der Waals surface area contributed by atoms with Crippen molar-refractivity contribution in [2.24, 2.45) is 28.6 Å². The summed E-state index contributed by atoms with van der Waals surface area (Å²) in [5, 5.41) is -0.762. The minimum absolute atomic E-state index is 0.00693. The number of carbonyl (C=O) groups excluding carboxylic acids is 4. The number of esters is 1. The fraction of sp³-hybridized carbons (Fsp3) is 0.515. The van der Waals surface area contributed by atoms with Crippen LogP contribution in [0.4, 0.5) is 13.2 Å². The van der Waals surface area contributed by atoms with E-state index in [1.54, 1.807) is 13.8 Å². The zero-order valence-electron chi connectivity index (χ0n) is 24.9. The largest absolute Gasteiger partial charge is 0.461 e. The van der Waals surface area contributed by atoms with Crippen LogP contribution in [0.5, 0.6) is 0 Å². The van der Waals surface area contributed by atoms with E-state index in [1.807, 2.05) is 0 Å². The molecule has 0 aromatic carbocycles. The van der Waals surface area contributed by atoms with Crippen LogP contribution in [0.25, 0.3) is 0 Å². The van der Waals surface area contributed by atoms with Gasteiger partial charge in [-0.1, -0.05) is 19.9 Å². The first-order valence-corrected chi connectivity index (χ1v) is 15.8. The van der Waals surface area contributed by atoms with Gasteiger partial charge in [-0.2, -0.15) is 0 Å². The maximum Gasteiger partial charge on any atom is 0.375 e. The molecule has 45 heavy (non-hydrogen) atoms. The third-order valence-corrected chi connectivity index (χ3v) is 11.5. The monoisotopic (exact) mass is 646 g/mol. The first-order chi connectivity index (χ1) is 21.3. The molecule has 0 radical (unpaired) electrons. The summed E-state index contributed by atoms with van der Waals surface area (Å²) in [5.41, 5.74) is -7.39. The second-order valence-corrected chi connectivity index (χ2v) is 13.7. The van der Waals surface area contributed by atoms with Crippen molar-refractivity contribution >= 4 is 34.4 Å². The molecule has 12 heteroatoms. The van der Waals surface area contributed by atoms with E-state index >= 15 is 8.78 Å². The number of hydrogen-bond acceptors (Lipinski definition) is 9. The molecule has 4 aliphatic carbocycles. The highest BCUT2D eigenvalue weighted by molar-refractivity contribution is 8.13. The van der Waals surface area contributed by atoms with Crippen molar-refractivity contribution in [1.29, 1.82) is 0 Å². The van der Waals surface area contributed by atoms with E-state index in [9.17, 15) is 23.6 Å². The molecule has 0 spiro atoms. The second-order valence-electron chi connectivity index (χ2n) is 12.8. The smallest absolute Gasteiger partial charge is 0.375 e. The average molecular weight is 647 g/mol. The van der Waals surface area contributed by atoms with Gasteiger partial charge in [0.05, 0.1) is 18.6 Å². The summed E-state index contributed by atoms with van der Waals surface area (Å²) < 4.78 is 70.9. The Bertz CT molecular complexity index is 1570. The molecular weight excluding hydrogens is 613 g/mol. The number of hydrogen-bond donors (Lipinski definition) is 0. The molecule has 2 heterocycles. The number of halogens is 3. The molecule has 0 saturated heterocycles. The van der Waals surface area contributed by atoms with E-state index in [0.717, 1.165) is 6.08 Å². The Morgan fingerprint density at radius 3 is 2.40 bits per heavy atom. The Hall–Kier alpha value is -3.38. The van der Waals surface area contributed by atoms with Gasteiger partial charge in [-0.05, 0) is 85.9 Å². The van der Waals surface area contributed by atoms with Crippen LogP contribution in [0, 0.1) is 28.6 Å². The first-order valence-electron chi connectivity index (χ1n) is 14.8. The summed E-state index contributed by atoms with van der Waals surface area (Å²) >= 11 is 0.343. The van der Waals surface area contributed by atoms with Gasteiger partial charge in [-0.3, -0.25) is 14.4 Å². The molecule has 0 amide bonds. The Kier molecular flexibility index (Phi) is 7.83. The summed E-state index contributed by atoms with van der Waals surface area (Å²) in [6.07, 6.45) is 2.68. The SMILES string of the molecule is C[C@@H]1CC2C3C[C@H](F)C4=CC(=O)C=C[C@]4(C)[C@@]3(F)C(OCC(=O)c3ccco3)C[C@]2(C)[C@@]1(OC(=O)c1ccco1)C(=O)SCF. The standard InChI is InChI=1S/C33H33F3O8S/c1-18-12-20-21-14-23(35)22-13-19(37)8-9-30(22,2)32(21,36)27(43-16-24(38)25-6-4-10-41-25)15-31(20,3)33(18,29(40)45-17-34)44-28(39)26-7-5-11-42-26/h4-11,13,18,20-21,23,27H,12,14-17H2,1-3H3/t18-,20?,21?,23+,27?,30+,31+,32+,33+/m1/s1. The maximum atomic E-state index is 18.4. The number of ketones is 2. The minimum Gasteiger partial charge on any atom is -0.461 e. The molecule has 240 valence electrons. The van der Waals surface area contributed by atoms with Crippen molar-refractivity contribution in [2.45, 2.75) is 63.6 Å². The molecule has 0 N–H and O–H groups in total. The van der Waals surface area contributed by atoms with Crippen LogP contribution in [0.3, 0.4) is 0 Å². The summed E-state index contributed by atoms with van der Waals surface area (Å²) in [6, 6.07) is 4.70. The molecule has 0 aliphatic heterocycles. The van der Waals surface area contributed by atoms with Crippen LogP contribution in [0.2, 0.25) is 0 Å². The number of allylic oxidation sites excluding steroid dienone is 4. The Balaban J connectivity index is 1.49. The lowest BCUT2D eigenvalue weighted by molar-refractivity contribution is -0.231. The lowest BCUT2D eigenvalue weighted by atomic mass is 9.44. The predicted octanol–water partition coefficient (Wildman–Crippen LogP) is 6.43. The molecule has 0 bridgehead atoms. The Labute approximate surface area is 261 Å². The molecule has 8 nitrogen and oxygen atoms in total. The summed E-state index contributed by atoms with van der Waals surface area (Å²) in [6.45, 7) is 4.25. The van der Waals surface area contributed by atoms with Crippen molar-refractivity contribution < 1.29 is 50.7 Å². The highest BCUT2D eigenvalue weighted by atomic mass is 32.2. The van der Waals surface area contributed by atoms with Crippen molar-refractivity contribution in [3.8, 4) is 0 Å². The fourth-order valence-corrected chi connectivity index (χ4v) is 9.58. The zero-order chi connectivity index (χ0) is 32.4. The highest BCUT2D eigenvalue weighted by Crippen LogP contribution is 2.72. The van der Waals surface area contributed by atoms with Gasteiger partial charge in [0.1, 0.15) is 18.8 Å². The molecule has 3 saturated carbocycles. The van der Waals surface area contributed by atoms with E-state index in [2.05, 4.69) is 0 Å². The molecule has 6 rings (SSSR count). The Morgan fingerprint density at radius 1 is 1.07 bits per heavy atom. The van der Waals surface area contributed by atoms with E-state index in [0.29, 0.717) is 11.8 Å². The van der Waals surface area contributed by atoms with Gasteiger partial charge >= 0.3 is 5.97 Å². The van der Waals surface area contributed by atoms with E-state index in [4.69, 9.17) is 18.3 Å². The van der Waals surface area contributed by atoms with Gasteiger partial charge in [-0.25, -0.2) is 18.0 Å². The summed E-state index contributed by atoms with van der Waals surface area (Å²) in [4.78, 5) is 52.7. The van der Waals surface area contributed by atoms with Gasteiger partial charge in [0.15, 0.2) is 22.8 Å². The number of carbonyl (C=O) groups is 4. The second kappa shape index (κ2) is 11.2. The van der Waals surface area contributed by atoms with Crippen molar-refractivity contribution in [1.82, 2.24) is 0 Å². The molecule has 3 unspecified atom stereocenters. The van der Waals surface area contributed by atoms with Crippen LogP contribution in [-0.2, 0) is 19.1 Å². The maximum absolute atomic E-state index is 18.4. The van der Waals surface area contributed by atoms with Gasteiger partial charge in [0, 0.05) is 22.7 Å². The Morgan fingerprint density at radius 2 is 1.76 bits per heavy atom. The van der Waals surface area contributed by atoms with Crippen molar-refractivity contribution in [3.05, 3.63) is 72.1 Å². The number of thioether (sulfide) groups is 1. The number of ether oxygens (including phenoxy) is 2. The van der Waals surface area contributed by atoms with E-state index in [1.165, 1.54) is 55.9 Å². The van der Waals surface area contributed by atoms with E-state index < -0.39 is 87.4 Å². The van der Waals surface area contributed by atoms with Crippen molar-refractivity contribution in [3.63, 3.8) is 0 Å². The third-order valence-electron chi connectivity index (χ3n) is 10.8. The number of rotatable bonds is 8. The van der Waals surface area contributed by atoms with Crippen molar-refractivity contribution in [2.75, 3.05) is 12.6 Å². The molecule has 4 aliphatic rings. The van der Waals surface area contributed by atoms with Gasteiger partial charge < -0.3 is 18.3 Å². The van der Waals surface area contributed by atoms with E-state index in [-0.39, 0.29) is 36.4 Å². The minimum atomic E-state index is -2.36. The van der Waals surface area contributed by atoms with Crippen LogP contribution >= 0.6 is 11.8 Å². The quantitative estimate of drug-likeness (QED) is 0.237. The normalized spacial score (nSPS) is 38.6. The van der Waals surface area contributed by atoms with Gasteiger partial charge in [-0.15, -0.1) is 0 Å². The molecular formula is C33H33F3O8S. The van der Waals surface area contributed by atoms with Crippen LogP contribution in [-0.4, -0.2) is 58.8 Å². The predicted molar refractivity (Wildman–Crippen MR) is 155 cm³/mol. The first kappa shape index (κ1) is 31.6. The molecule has 2 aromatic rings. The van der Waals surface area contributed by atoms with Gasteiger partial charge in [0.2, 0.25) is 16.7 Å². The van der Waals surface area contributed by atoms with Crippen LogP contribution in [0.15, 0.2) is 69.4 Å². The lowest BCUT2D eigenvalue weighted by Crippen LogP contribution is -2.71. The topological polar surface area (TPSA) is 113 Å². The number of Topliss-reactive ketones (excluding diaryl/α,β-unsaturated/α-hetero) is 1. The van der Waals surface area contributed by atoms with Crippen LogP contribution < -0.4 is 0 Å². The molecule has 2 aromatic heterocycles. The summed E-state index contributed by atoms with van der Waals surface area (Å²) in [5.74, 6) is -4.77. The number of furan rings is 2. The zero-order valence-corrected chi connectivity index (χ0v) is 25.7. The third kappa shape index (κ3) is 4.45. The van der Waals surface area contributed by atoms with Crippen LogP contribution in [0.1, 0.15) is 61.1 Å². The molecule has 3 fully saturated rings. The number of alkyl halides is 3. The lowest BCUT2D eigenvalue weighted by Gasteiger charge is -2.63. The average Bonchev–Trinajstić information content (AvgIpc) is 3.77. The molecule has 9 atom stereocenters. The summed E-state index contributed by atoms with van der Waals surface area (Å²) in [7, 11) is 0. The highest BCUT2D eigenvalue weighted by Gasteiger charge is 2.78.